The second-order valence-electron chi connectivity index (χ2n) is 7.00. The highest BCUT2D eigenvalue weighted by Gasteiger charge is 2.26. The number of aromatic nitrogens is 1. The van der Waals surface area contributed by atoms with E-state index in [1.165, 1.54) is 0 Å². The summed E-state index contributed by atoms with van der Waals surface area (Å²) in [5, 5.41) is 12.3. The number of carbonyl (C=O) groups excluding carboxylic acids is 1. The summed E-state index contributed by atoms with van der Waals surface area (Å²) in [6.07, 6.45) is 1.69. The number of amides is 1. The number of carboxylic acid groups (broad SMARTS) is 1. The van der Waals surface area contributed by atoms with Gasteiger partial charge in [-0.25, -0.2) is 4.98 Å². The third-order valence-corrected chi connectivity index (χ3v) is 4.96. The zero-order chi connectivity index (χ0) is 20.6. The Kier molecular flexibility index (Phi) is 7.02. The number of hydrogen-bond acceptors (Lipinski definition) is 6. The average Bonchev–Trinajstić information content (AvgIpc) is 2.74. The van der Waals surface area contributed by atoms with Gasteiger partial charge in [0.05, 0.1) is 13.0 Å². The molecule has 0 radical (unpaired) electrons. The molecule has 0 bridgehead atoms. The molecule has 8 heteroatoms. The molecule has 0 aliphatic carbocycles. The molecular formula is C21H26N4O4. The molecule has 2 heterocycles. The van der Waals surface area contributed by atoms with E-state index >= 15 is 0 Å². The van der Waals surface area contributed by atoms with E-state index in [4.69, 9.17) is 4.74 Å². The van der Waals surface area contributed by atoms with Crippen LogP contribution in [0.2, 0.25) is 0 Å². The molecule has 2 aromatic rings. The Balaban J connectivity index is 1.51. The predicted octanol–water partition coefficient (Wildman–Crippen LogP) is 1.94. The lowest BCUT2D eigenvalue weighted by molar-refractivity contribution is -0.144. The fourth-order valence-electron chi connectivity index (χ4n) is 3.38. The first-order valence-corrected chi connectivity index (χ1v) is 9.60. The Labute approximate surface area is 170 Å². The SMILES string of the molecule is COc1cccc(NC(=O)C[C@@H](CN2CCN(c3ccccn3)CC2)C(=O)O)c1. The summed E-state index contributed by atoms with van der Waals surface area (Å²) in [6, 6.07) is 12.8. The first kappa shape index (κ1) is 20.6. The normalized spacial score (nSPS) is 15.6. The van der Waals surface area contributed by atoms with E-state index in [0.29, 0.717) is 18.0 Å². The lowest BCUT2D eigenvalue weighted by Gasteiger charge is -2.36. The minimum atomic E-state index is -0.960. The number of carboxylic acids is 1. The number of ether oxygens (including phenoxy) is 1. The molecule has 1 atom stereocenters. The summed E-state index contributed by atoms with van der Waals surface area (Å²) in [6.45, 7) is 3.37. The van der Waals surface area contributed by atoms with Gasteiger partial charge in [-0.15, -0.1) is 0 Å². The van der Waals surface area contributed by atoms with Gasteiger partial charge in [0.2, 0.25) is 5.91 Å². The van der Waals surface area contributed by atoms with Crippen molar-refractivity contribution in [3.05, 3.63) is 48.7 Å². The highest BCUT2D eigenvalue weighted by Crippen LogP contribution is 2.18. The van der Waals surface area contributed by atoms with Gasteiger partial charge in [0, 0.05) is 57.1 Å². The molecule has 0 spiro atoms. The van der Waals surface area contributed by atoms with Crippen molar-refractivity contribution in [1.29, 1.82) is 0 Å². The van der Waals surface area contributed by atoms with Crippen molar-refractivity contribution in [1.82, 2.24) is 9.88 Å². The molecule has 1 saturated heterocycles. The van der Waals surface area contributed by atoms with Gasteiger partial charge in [0.25, 0.3) is 0 Å². The zero-order valence-electron chi connectivity index (χ0n) is 16.5. The monoisotopic (exact) mass is 398 g/mol. The minimum absolute atomic E-state index is 0.0764. The molecule has 1 amide bonds. The van der Waals surface area contributed by atoms with Crippen molar-refractivity contribution < 1.29 is 19.4 Å². The van der Waals surface area contributed by atoms with Gasteiger partial charge in [0.1, 0.15) is 11.6 Å². The molecule has 3 rings (SSSR count). The first-order chi connectivity index (χ1) is 14.0. The Bertz CT molecular complexity index is 822. The summed E-state index contributed by atoms with van der Waals surface area (Å²) in [5.74, 6) is -0.485. The topological polar surface area (TPSA) is 95.0 Å². The van der Waals surface area contributed by atoms with Crippen LogP contribution in [0, 0.1) is 5.92 Å². The van der Waals surface area contributed by atoms with Gasteiger partial charge in [0.15, 0.2) is 0 Å². The van der Waals surface area contributed by atoms with Crippen LogP contribution < -0.4 is 15.0 Å². The number of anilines is 2. The summed E-state index contributed by atoms with van der Waals surface area (Å²) in [5.41, 5.74) is 0.586. The lowest BCUT2D eigenvalue weighted by atomic mass is 10.0. The molecule has 0 saturated carbocycles. The van der Waals surface area contributed by atoms with E-state index in [1.54, 1.807) is 37.6 Å². The maximum atomic E-state index is 12.4. The van der Waals surface area contributed by atoms with Crippen LogP contribution in [0.3, 0.4) is 0 Å². The summed E-state index contributed by atoms with van der Waals surface area (Å²) in [7, 11) is 1.55. The predicted molar refractivity (Wildman–Crippen MR) is 110 cm³/mol. The van der Waals surface area contributed by atoms with Crippen LogP contribution in [0.4, 0.5) is 11.5 Å². The van der Waals surface area contributed by atoms with Crippen LogP contribution in [0.15, 0.2) is 48.7 Å². The van der Waals surface area contributed by atoms with Gasteiger partial charge >= 0.3 is 5.97 Å². The van der Waals surface area contributed by atoms with Crippen LogP contribution in [-0.2, 0) is 9.59 Å². The van der Waals surface area contributed by atoms with Crippen LogP contribution in [-0.4, -0.2) is 66.7 Å². The van der Waals surface area contributed by atoms with Gasteiger partial charge in [-0.3, -0.25) is 14.5 Å². The van der Waals surface area contributed by atoms with Crippen molar-refractivity contribution >= 4 is 23.4 Å². The fraction of sp³-hybridized carbons (Fsp3) is 0.381. The third kappa shape index (κ3) is 5.92. The van der Waals surface area contributed by atoms with Crippen molar-refractivity contribution in [3.8, 4) is 5.75 Å². The number of aliphatic carboxylic acids is 1. The van der Waals surface area contributed by atoms with Gasteiger partial charge in [-0.1, -0.05) is 12.1 Å². The number of carbonyl (C=O) groups is 2. The number of nitrogens with zero attached hydrogens (tertiary/aromatic N) is 3. The average molecular weight is 398 g/mol. The van der Waals surface area contributed by atoms with Crippen LogP contribution in [0.25, 0.3) is 0 Å². The van der Waals surface area contributed by atoms with E-state index in [2.05, 4.69) is 20.1 Å². The van der Waals surface area contributed by atoms with E-state index in [9.17, 15) is 14.7 Å². The molecule has 1 fully saturated rings. The largest absolute Gasteiger partial charge is 0.497 e. The molecule has 0 unspecified atom stereocenters. The van der Waals surface area contributed by atoms with Crippen LogP contribution >= 0.6 is 0 Å². The maximum Gasteiger partial charge on any atom is 0.308 e. The fourth-order valence-corrected chi connectivity index (χ4v) is 3.38. The number of hydrogen-bond donors (Lipinski definition) is 2. The van der Waals surface area contributed by atoms with Crippen molar-refractivity contribution in [2.75, 3.05) is 50.1 Å². The molecule has 1 aromatic carbocycles. The molecule has 29 heavy (non-hydrogen) atoms. The van der Waals surface area contributed by atoms with Crippen molar-refractivity contribution in [3.63, 3.8) is 0 Å². The molecule has 8 nitrogen and oxygen atoms in total. The smallest absolute Gasteiger partial charge is 0.308 e. The van der Waals surface area contributed by atoms with Crippen LogP contribution in [0.1, 0.15) is 6.42 Å². The third-order valence-electron chi connectivity index (χ3n) is 4.96. The Morgan fingerprint density at radius 2 is 1.97 bits per heavy atom. The highest BCUT2D eigenvalue weighted by atomic mass is 16.5. The van der Waals surface area contributed by atoms with Crippen molar-refractivity contribution in [2.24, 2.45) is 5.92 Å². The number of rotatable bonds is 8. The van der Waals surface area contributed by atoms with Crippen molar-refractivity contribution in [2.45, 2.75) is 6.42 Å². The summed E-state index contributed by atoms with van der Waals surface area (Å²) in [4.78, 5) is 32.7. The molecule has 1 aromatic heterocycles. The Hall–Kier alpha value is -3.13. The Morgan fingerprint density at radius 1 is 1.17 bits per heavy atom. The van der Waals surface area contributed by atoms with E-state index < -0.39 is 11.9 Å². The Morgan fingerprint density at radius 3 is 2.62 bits per heavy atom. The van der Waals surface area contributed by atoms with Crippen LogP contribution in [0.5, 0.6) is 5.75 Å². The number of piperazine rings is 1. The van der Waals surface area contributed by atoms with E-state index in [-0.39, 0.29) is 12.3 Å². The first-order valence-electron chi connectivity index (χ1n) is 9.60. The lowest BCUT2D eigenvalue weighted by Crippen LogP contribution is -2.49. The highest BCUT2D eigenvalue weighted by molar-refractivity contribution is 5.93. The van der Waals surface area contributed by atoms with E-state index in [1.807, 2.05) is 18.2 Å². The number of pyridine rings is 1. The number of nitrogens with one attached hydrogen (secondary N) is 1. The standard InChI is InChI=1S/C21H26N4O4/c1-29-18-6-4-5-17(14-18)23-20(26)13-16(21(27)28)15-24-9-11-25(12-10-24)19-7-2-3-8-22-19/h2-8,14,16H,9-13,15H2,1H3,(H,23,26)(H,27,28)/t16-/m0/s1. The summed E-state index contributed by atoms with van der Waals surface area (Å²) >= 11 is 0. The van der Waals surface area contributed by atoms with Gasteiger partial charge < -0.3 is 20.1 Å². The quantitative estimate of drug-likeness (QED) is 0.702. The zero-order valence-corrected chi connectivity index (χ0v) is 16.5. The van der Waals surface area contributed by atoms with Gasteiger partial charge in [-0.2, -0.15) is 0 Å². The molecule has 1 aliphatic rings. The minimum Gasteiger partial charge on any atom is -0.497 e. The number of benzene rings is 1. The number of methoxy groups -OCH3 is 1. The maximum absolute atomic E-state index is 12.4. The van der Waals surface area contributed by atoms with E-state index in [0.717, 1.165) is 32.0 Å². The molecule has 2 N–H and O–H groups in total. The molecule has 154 valence electrons. The second kappa shape index (κ2) is 9.88. The molecular weight excluding hydrogens is 372 g/mol. The molecule has 1 aliphatic heterocycles. The van der Waals surface area contributed by atoms with Gasteiger partial charge in [-0.05, 0) is 24.3 Å². The second-order valence-corrected chi connectivity index (χ2v) is 7.00. The summed E-state index contributed by atoms with van der Waals surface area (Å²) < 4.78 is 5.14.